The fourth-order valence-corrected chi connectivity index (χ4v) is 2.47. The number of nitrogens with one attached hydrogen (secondary N) is 1. The number of amides is 2. The SMILES string of the molecule is CC(=O)NC(C(=O)N1CCc2ccccc21)C(C)C. The van der Waals surface area contributed by atoms with Gasteiger partial charge in [-0.1, -0.05) is 32.0 Å². The Labute approximate surface area is 113 Å². The molecule has 2 rings (SSSR count). The number of benzene rings is 1. The molecule has 4 heteroatoms. The second-order valence-corrected chi connectivity index (χ2v) is 5.29. The molecule has 1 aliphatic heterocycles. The minimum absolute atomic E-state index is 0.0184. The van der Waals surface area contributed by atoms with E-state index in [1.807, 2.05) is 38.1 Å². The van der Waals surface area contributed by atoms with Crippen LogP contribution in [0.5, 0.6) is 0 Å². The maximum absolute atomic E-state index is 12.6. The maximum Gasteiger partial charge on any atom is 0.249 e. The number of anilines is 1. The average molecular weight is 260 g/mol. The predicted molar refractivity (Wildman–Crippen MR) is 74.9 cm³/mol. The zero-order valence-electron chi connectivity index (χ0n) is 11.6. The van der Waals surface area contributed by atoms with E-state index in [0.717, 1.165) is 12.1 Å². The highest BCUT2D eigenvalue weighted by Gasteiger charge is 2.32. The molecule has 0 bridgehead atoms. The quantitative estimate of drug-likeness (QED) is 0.900. The Bertz CT molecular complexity index is 497. The van der Waals surface area contributed by atoms with Crippen LogP contribution >= 0.6 is 0 Å². The lowest BCUT2D eigenvalue weighted by Crippen LogP contribution is -2.50. The molecule has 2 amide bonds. The Kier molecular flexibility index (Phi) is 3.88. The molecule has 1 unspecified atom stereocenters. The molecule has 1 heterocycles. The van der Waals surface area contributed by atoms with Crippen molar-refractivity contribution in [1.29, 1.82) is 0 Å². The van der Waals surface area contributed by atoms with Gasteiger partial charge in [-0.15, -0.1) is 0 Å². The van der Waals surface area contributed by atoms with Gasteiger partial charge in [-0.25, -0.2) is 0 Å². The van der Waals surface area contributed by atoms with Crippen molar-refractivity contribution >= 4 is 17.5 Å². The first-order valence-corrected chi connectivity index (χ1v) is 6.67. The molecule has 4 nitrogen and oxygen atoms in total. The number of carbonyl (C=O) groups excluding carboxylic acids is 2. The highest BCUT2D eigenvalue weighted by atomic mass is 16.2. The van der Waals surface area contributed by atoms with E-state index in [-0.39, 0.29) is 17.7 Å². The molecule has 1 atom stereocenters. The second kappa shape index (κ2) is 5.43. The van der Waals surface area contributed by atoms with Crippen molar-refractivity contribution in [3.8, 4) is 0 Å². The molecule has 0 radical (unpaired) electrons. The van der Waals surface area contributed by atoms with E-state index >= 15 is 0 Å². The van der Waals surface area contributed by atoms with Gasteiger partial charge < -0.3 is 10.2 Å². The van der Waals surface area contributed by atoms with E-state index in [0.29, 0.717) is 6.54 Å². The van der Waals surface area contributed by atoms with Crippen molar-refractivity contribution in [1.82, 2.24) is 5.32 Å². The second-order valence-electron chi connectivity index (χ2n) is 5.29. The van der Waals surface area contributed by atoms with E-state index in [1.165, 1.54) is 12.5 Å². The Balaban J connectivity index is 2.22. The van der Waals surface area contributed by atoms with Crippen molar-refractivity contribution in [3.63, 3.8) is 0 Å². The molecule has 0 fully saturated rings. The summed E-state index contributed by atoms with van der Waals surface area (Å²) in [5, 5.41) is 2.76. The largest absolute Gasteiger partial charge is 0.344 e. The molecule has 102 valence electrons. The van der Waals surface area contributed by atoms with Crippen LogP contribution in [0.25, 0.3) is 0 Å². The van der Waals surface area contributed by atoms with Crippen LogP contribution in [0, 0.1) is 5.92 Å². The zero-order valence-corrected chi connectivity index (χ0v) is 11.6. The third-order valence-electron chi connectivity index (χ3n) is 3.44. The molecular formula is C15H20N2O2. The fraction of sp³-hybridized carbons (Fsp3) is 0.467. The highest BCUT2D eigenvalue weighted by Crippen LogP contribution is 2.28. The number of hydrogen-bond donors (Lipinski definition) is 1. The van der Waals surface area contributed by atoms with Crippen LogP contribution in [0.4, 0.5) is 5.69 Å². The standard InChI is InChI=1S/C15H20N2O2/c1-10(2)14(16-11(3)18)15(19)17-9-8-12-6-4-5-7-13(12)17/h4-7,10,14H,8-9H2,1-3H3,(H,16,18). The maximum atomic E-state index is 12.6. The lowest BCUT2D eigenvalue weighted by Gasteiger charge is -2.26. The lowest BCUT2D eigenvalue weighted by molar-refractivity contribution is -0.127. The number of rotatable bonds is 3. The number of carbonyl (C=O) groups is 2. The third kappa shape index (κ3) is 2.78. The molecule has 0 spiro atoms. The van der Waals surface area contributed by atoms with Gasteiger partial charge in [-0.3, -0.25) is 9.59 Å². The van der Waals surface area contributed by atoms with Gasteiger partial charge >= 0.3 is 0 Å². The molecule has 1 aliphatic rings. The molecule has 0 aliphatic carbocycles. The monoisotopic (exact) mass is 260 g/mol. The number of nitrogens with zero attached hydrogens (tertiary/aromatic N) is 1. The molecule has 1 aromatic rings. The summed E-state index contributed by atoms with van der Waals surface area (Å²) in [6.45, 7) is 6.03. The Morgan fingerprint density at radius 2 is 1.95 bits per heavy atom. The Hall–Kier alpha value is -1.84. The van der Waals surface area contributed by atoms with Crippen LogP contribution in [0.2, 0.25) is 0 Å². The van der Waals surface area contributed by atoms with E-state index in [4.69, 9.17) is 0 Å². The molecule has 1 aromatic carbocycles. The topological polar surface area (TPSA) is 49.4 Å². The molecule has 1 N–H and O–H groups in total. The van der Waals surface area contributed by atoms with Crippen LogP contribution < -0.4 is 10.2 Å². The third-order valence-corrected chi connectivity index (χ3v) is 3.44. The molecule has 19 heavy (non-hydrogen) atoms. The van der Waals surface area contributed by atoms with Crippen LogP contribution in [-0.4, -0.2) is 24.4 Å². The van der Waals surface area contributed by atoms with Crippen molar-refractivity contribution in [2.75, 3.05) is 11.4 Å². The van der Waals surface area contributed by atoms with Crippen LogP contribution in [0.1, 0.15) is 26.3 Å². The normalized spacial score (nSPS) is 15.3. The first-order valence-electron chi connectivity index (χ1n) is 6.67. The van der Waals surface area contributed by atoms with E-state index in [1.54, 1.807) is 4.90 Å². The number of para-hydroxylation sites is 1. The summed E-state index contributed by atoms with van der Waals surface area (Å²) in [6.07, 6.45) is 0.882. The smallest absolute Gasteiger partial charge is 0.249 e. The summed E-state index contributed by atoms with van der Waals surface area (Å²) in [4.78, 5) is 25.6. The van der Waals surface area contributed by atoms with Crippen LogP contribution in [0.3, 0.4) is 0 Å². The summed E-state index contributed by atoms with van der Waals surface area (Å²) in [5.74, 6) is -0.112. The lowest BCUT2D eigenvalue weighted by atomic mass is 10.0. The minimum atomic E-state index is -0.455. The zero-order chi connectivity index (χ0) is 14.0. The average Bonchev–Trinajstić information content (AvgIpc) is 2.78. The summed E-state index contributed by atoms with van der Waals surface area (Å²) in [6, 6.07) is 7.48. The van der Waals surface area contributed by atoms with Crippen molar-refractivity contribution in [2.45, 2.75) is 33.2 Å². The molecule has 0 aromatic heterocycles. The van der Waals surface area contributed by atoms with Gasteiger partial charge in [0.2, 0.25) is 11.8 Å². The van der Waals surface area contributed by atoms with Gasteiger partial charge in [-0.2, -0.15) is 0 Å². The van der Waals surface area contributed by atoms with Gasteiger partial charge in [0.05, 0.1) is 0 Å². The molecular weight excluding hydrogens is 240 g/mol. The van der Waals surface area contributed by atoms with Gasteiger partial charge in [0.25, 0.3) is 0 Å². The summed E-state index contributed by atoms with van der Waals surface area (Å²) < 4.78 is 0. The fourth-order valence-electron chi connectivity index (χ4n) is 2.47. The molecule has 0 saturated heterocycles. The Morgan fingerprint density at radius 3 is 2.58 bits per heavy atom. The van der Waals surface area contributed by atoms with E-state index in [9.17, 15) is 9.59 Å². The Morgan fingerprint density at radius 1 is 1.26 bits per heavy atom. The van der Waals surface area contributed by atoms with Crippen LogP contribution in [-0.2, 0) is 16.0 Å². The number of hydrogen-bond acceptors (Lipinski definition) is 2. The summed E-state index contributed by atoms with van der Waals surface area (Å²) in [7, 11) is 0. The van der Waals surface area contributed by atoms with Crippen molar-refractivity contribution < 1.29 is 9.59 Å². The van der Waals surface area contributed by atoms with Gasteiger partial charge in [-0.05, 0) is 24.0 Å². The van der Waals surface area contributed by atoms with Crippen molar-refractivity contribution in [3.05, 3.63) is 29.8 Å². The van der Waals surface area contributed by atoms with Crippen LogP contribution in [0.15, 0.2) is 24.3 Å². The van der Waals surface area contributed by atoms with Gasteiger partial charge in [0, 0.05) is 19.2 Å². The predicted octanol–water partition coefficient (Wildman–Crippen LogP) is 1.74. The van der Waals surface area contributed by atoms with Gasteiger partial charge in [0.15, 0.2) is 0 Å². The van der Waals surface area contributed by atoms with Crippen molar-refractivity contribution in [2.24, 2.45) is 5.92 Å². The van der Waals surface area contributed by atoms with E-state index in [2.05, 4.69) is 5.32 Å². The molecule has 0 saturated carbocycles. The van der Waals surface area contributed by atoms with Gasteiger partial charge in [0.1, 0.15) is 6.04 Å². The number of fused-ring (bicyclic) bond motifs is 1. The summed E-state index contributed by atoms with van der Waals surface area (Å²) >= 11 is 0. The first kappa shape index (κ1) is 13.6. The summed E-state index contributed by atoms with van der Waals surface area (Å²) in [5.41, 5.74) is 2.17. The highest BCUT2D eigenvalue weighted by molar-refractivity contribution is 6.00. The minimum Gasteiger partial charge on any atom is -0.344 e. The van der Waals surface area contributed by atoms with E-state index < -0.39 is 6.04 Å². The first-order chi connectivity index (χ1) is 9.00.